The summed E-state index contributed by atoms with van der Waals surface area (Å²) in [5.74, 6) is 1.53. The van der Waals surface area contributed by atoms with Crippen LogP contribution in [0, 0.1) is 11.8 Å². The smallest absolute Gasteiger partial charge is 0.251 e. The second-order valence-electron chi connectivity index (χ2n) is 6.35. The first kappa shape index (κ1) is 13.6. The summed E-state index contributed by atoms with van der Waals surface area (Å²) in [6.07, 6.45) is 5.02. The van der Waals surface area contributed by atoms with Gasteiger partial charge in [-0.05, 0) is 56.8 Å². The molecule has 1 amide bonds. The SMILES string of the molecule is CN1CC[C@H]2CCCC(NC(=O)c3ccccc3)[C@H]2C1. The molecule has 1 aromatic rings. The third-order valence-electron chi connectivity index (χ3n) is 4.97. The van der Waals surface area contributed by atoms with Crippen molar-refractivity contribution in [3.8, 4) is 0 Å². The number of hydrogen-bond donors (Lipinski definition) is 1. The largest absolute Gasteiger partial charge is 0.349 e. The molecule has 2 aliphatic rings. The maximum atomic E-state index is 12.3. The second kappa shape index (κ2) is 5.96. The normalized spacial score (nSPS) is 30.6. The van der Waals surface area contributed by atoms with Gasteiger partial charge >= 0.3 is 0 Å². The number of benzene rings is 1. The molecule has 1 aromatic carbocycles. The van der Waals surface area contributed by atoms with Gasteiger partial charge in [-0.2, -0.15) is 0 Å². The Morgan fingerprint density at radius 3 is 2.80 bits per heavy atom. The van der Waals surface area contributed by atoms with Gasteiger partial charge in [0.05, 0.1) is 0 Å². The van der Waals surface area contributed by atoms with Crippen molar-refractivity contribution >= 4 is 5.91 Å². The summed E-state index contributed by atoms with van der Waals surface area (Å²) >= 11 is 0. The summed E-state index contributed by atoms with van der Waals surface area (Å²) in [6, 6.07) is 9.93. The van der Waals surface area contributed by atoms with Gasteiger partial charge in [-0.25, -0.2) is 0 Å². The van der Waals surface area contributed by atoms with Crippen LogP contribution in [0.2, 0.25) is 0 Å². The zero-order valence-corrected chi connectivity index (χ0v) is 12.2. The molecule has 1 aliphatic carbocycles. The number of nitrogens with zero attached hydrogens (tertiary/aromatic N) is 1. The van der Waals surface area contributed by atoms with Crippen molar-refractivity contribution in [3.05, 3.63) is 35.9 Å². The molecule has 0 radical (unpaired) electrons. The summed E-state index contributed by atoms with van der Waals surface area (Å²) in [6.45, 7) is 2.34. The summed E-state index contributed by atoms with van der Waals surface area (Å²) in [7, 11) is 2.20. The number of hydrogen-bond acceptors (Lipinski definition) is 2. The van der Waals surface area contributed by atoms with Crippen molar-refractivity contribution in [2.75, 3.05) is 20.1 Å². The maximum Gasteiger partial charge on any atom is 0.251 e. The summed E-state index contributed by atoms with van der Waals surface area (Å²) < 4.78 is 0. The van der Waals surface area contributed by atoms with Crippen LogP contribution < -0.4 is 5.32 Å². The highest BCUT2D eigenvalue weighted by Gasteiger charge is 2.37. The van der Waals surface area contributed by atoms with E-state index in [-0.39, 0.29) is 5.91 Å². The fourth-order valence-electron chi connectivity index (χ4n) is 3.85. The van der Waals surface area contributed by atoms with Crippen LogP contribution in [0.4, 0.5) is 0 Å². The Morgan fingerprint density at radius 1 is 1.20 bits per heavy atom. The quantitative estimate of drug-likeness (QED) is 0.897. The number of amides is 1. The van der Waals surface area contributed by atoms with Crippen LogP contribution in [-0.2, 0) is 0 Å². The number of carbonyl (C=O) groups excluding carboxylic acids is 1. The lowest BCUT2D eigenvalue weighted by atomic mass is 9.72. The Hall–Kier alpha value is -1.35. The molecule has 20 heavy (non-hydrogen) atoms. The Morgan fingerprint density at radius 2 is 2.00 bits per heavy atom. The Bertz CT molecular complexity index is 459. The predicted molar refractivity (Wildman–Crippen MR) is 80.6 cm³/mol. The van der Waals surface area contributed by atoms with E-state index < -0.39 is 0 Å². The van der Waals surface area contributed by atoms with Crippen LogP contribution in [-0.4, -0.2) is 37.0 Å². The predicted octanol–water partition coefficient (Wildman–Crippen LogP) is 2.54. The van der Waals surface area contributed by atoms with Crippen LogP contribution >= 0.6 is 0 Å². The molecule has 1 saturated heterocycles. The van der Waals surface area contributed by atoms with Gasteiger partial charge in [0.1, 0.15) is 0 Å². The van der Waals surface area contributed by atoms with Crippen molar-refractivity contribution in [3.63, 3.8) is 0 Å². The van der Waals surface area contributed by atoms with Crippen molar-refractivity contribution < 1.29 is 4.79 Å². The molecule has 1 N–H and O–H groups in total. The molecule has 3 nitrogen and oxygen atoms in total. The molecule has 0 aromatic heterocycles. The number of fused-ring (bicyclic) bond motifs is 1. The van der Waals surface area contributed by atoms with Crippen LogP contribution in [0.5, 0.6) is 0 Å². The molecule has 1 unspecified atom stereocenters. The molecule has 1 aliphatic heterocycles. The molecule has 1 heterocycles. The highest BCUT2D eigenvalue weighted by molar-refractivity contribution is 5.94. The minimum absolute atomic E-state index is 0.0875. The molecule has 3 atom stereocenters. The fraction of sp³-hybridized carbons (Fsp3) is 0.588. The minimum atomic E-state index is 0.0875. The van der Waals surface area contributed by atoms with Crippen LogP contribution in [0.1, 0.15) is 36.0 Å². The van der Waals surface area contributed by atoms with E-state index in [1.165, 1.54) is 25.8 Å². The summed E-state index contributed by atoms with van der Waals surface area (Å²) in [5, 5.41) is 3.29. The lowest BCUT2D eigenvalue weighted by molar-refractivity contribution is 0.0650. The average Bonchev–Trinajstić information content (AvgIpc) is 2.49. The summed E-state index contributed by atoms with van der Waals surface area (Å²) in [4.78, 5) is 14.8. The second-order valence-corrected chi connectivity index (χ2v) is 6.35. The van der Waals surface area contributed by atoms with Gasteiger partial charge in [0.2, 0.25) is 0 Å². The number of carbonyl (C=O) groups is 1. The molecular weight excluding hydrogens is 248 g/mol. The molecule has 0 bridgehead atoms. The lowest BCUT2D eigenvalue weighted by Crippen LogP contribution is -2.52. The number of nitrogens with one attached hydrogen (secondary N) is 1. The summed E-state index contributed by atoms with van der Waals surface area (Å²) in [5.41, 5.74) is 0.777. The van der Waals surface area contributed by atoms with E-state index >= 15 is 0 Å². The Kier molecular flexibility index (Phi) is 4.06. The zero-order valence-electron chi connectivity index (χ0n) is 12.2. The topological polar surface area (TPSA) is 32.3 Å². The van der Waals surface area contributed by atoms with E-state index in [0.717, 1.165) is 24.4 Å². The van der Waals surface area contributed by atoms with Crippen LogP contribution in [0.25, 0.3) is 0 Å². The monoisotopic (exact) mass is 272 g/mol. The third-order valence-corrected chi connectivity index (χ3v) is 4.97. The van der Waals surface area contributed by atoms with Gasteiger partial charge in [-0.15, -0.1) is 0 Å². The van der Waals surface area contributed by atoms with Gasteiger partial charge in [-0.1, -0.05) is 24.6 Å². The van der Waals surface area contributed by atoms with Crippen LogP contribution in [0.15, 0.2) is 30.3 Å². The van der Waals surface area contributed by atoms with Gasteiger partial charge in [-0.3, -0.25) is 4.79 Å². The standard InChI is InChI=1S/C17H24N2O/c1-19-11-10-13-8-5-9-16(15(13)12-19)18-17(20)14-6-3-2-4-7-14/h2-4,6-7,13,15-16H,5,8-12H2,1H3,(H,18,20)/t13-,15+,16?/m1/s1. The molecule has 2 fully saturated rings. The number of likely N-dealkylation sites (tertiary alicyclic amines) is 1. The van der Waals surface area contributed by atoms with E-state index in [2.05, 4.69) is 17.3 Å². The van der Waals surface area contributed by atoms with E-state index in [1.54, 1.807) is 0 Å². The first-order valence-electron chi connectivity index (χ1n) is 7.78. The lowest BCUT2D eigenvalue weighted by Gasteiger charge is -2.44. The zero-order chi connectivity index (χ0) is 13.9. The van der Waals surface area contributed by atoms with Gasteiger partial charge in [0.15, 0.2) is 0 Å². The molecule has 1 saturated carbocycles. The van der Waals surface area contributed by atoms with E-state index in [1.807, 2.05) is 30.3 Å². The molecular formula is C17H24N2O. The molecule has 0 spiro atoms. The van der Waals surface area contributed by atoms with Gasteiger partial charge in [0.25, 0.3) is 5.91 Å². The highest BCUT2D eigenvalue weighted by atomic mass is 16.1. The first-order valence-corrected chi connectivity index (χ1v) is 7.78. The van der Waals surface area contributed by atoms with Crippen molar-refractivity contribution in [2.24, 2.45) is 11.8 Å². The number of rotatable bonds is 2. The van der Waals surface area contributed by atoms with Gasteiger partial charge in [0, 0.05) is 18.2 Å². The van der Waals surface area contributed by atoms with E-state index in [0.29, 0.717) is 12.0 Å². The van der Waals surface area contributed by atoms with Gasteiger partial charge < -0.3 is 10.2 Å². The van der Waals surface area contributed by atoms with E-state index in [9.17, 15) is 4.79 Å². The Balaban J connectivity index is 1.68. The maximum absolute atomic E-state index is 12.3. The highest BCUT2D eigenvalue weighted by Crippen LogP contribution is 2.36. The molecule has 108 valence electrons. The van der Waals surface area contributed by atoms with Crippen molar-refractivity contribution in [2.45, 2.75) is 31.7 Å². The van der Waals surface area contributed by atoms with E-state index in [4.69, 9.17) is 0 Å². The van der Waals surface area contributed by atoms with Crippen molar-refractivity contribution in [1.82, 2.24) is 10.2 Å². The molecule has 3 heteroatoms. The number of piperidine rings is 1. The molecule has 3 rings (SSSR count). The fourth-order valence-corrected chi connectivity index (χ4v) is 3.85. The van der Waals surface area contributed by atoms with Crippen LogP contribution in [0.3, 0.4) is 0 Å². The Labute approximate surface area is 121 Å². The first-order chi connectivity index (χ1) is 9.74. The minimum Gasteiger partial charge on any atom is -0.349 e. The third kappa shape index (κ3) is 2.88. The average molecular weight is 272 g/mol. The van der Waals surface area contributed by atoms with Crippen molar-refractivity contribution in [1.29, 1.82) is 0 Å².